The Morgan fingerprint density at radius 2 is 1.64 bits per heavy atom. The Hall–Kier alpha value is -3.77. The predicted octanol–water partition coefficient (Wildman–Crippen LogP) is 3.79. The zero-order valence-electron chi connectivity index (χ0n) is 18.1. The molecule has 1 aromatic heterocycles. The van der Waals surface area contributed by atoms with Crippen LogP contribution >= 0.6 is 11.6 Å². The number of aliphatic hydroxyl groups is 1. The SMILES string of the molecule is CC(C)(C)C(O)C(Oc1ccc(Cl)cc1)n1cncn1.O=[N+]([O-])N(c1ccccc1)[N+](=O)[O-]. The first kappa shape index (κ1) is 25.5. The predicted molar refractivity (Wildman–Crippen MR) is 120 cm³/mol. The van der Waals surface area contributed by atoms with Crippen molar-refractivity contribution < 1.29 is 19.9 Å². The Morgan fingerprint density at radius 1 is 1.06 bits per heavy atom. The van der Waals surface area contributed by atoms with E-state index in [1.165, 1.54) is 41.6 Å². The fourth-order valence-electron chi connectivity index (χ4n) is 2.50. The fraction of sp³-hybridized carbons (Fsp3) is 0.300. The maximum Gasteiger partial charge on any atom is 0.228 e. The molecular formula is C20H23ClN6O6. The second-order valence-corrected chi connectivity index (χ2v) is 8.19. The van der Waals surface area contributed by atoms with Gasteiger partial charge in [0.25, 0.3) is 0 Å². The molecule has 3 aromatic rings. The van der Waals surface area contributed by atoms with Crippen LogP contribution in [0.3, 0.4) is 0 Å². The van der Waals surface area contributed by atoms with Crippen LogP contribution < -0.4 is 9.85 Å². The van der Waals surface area contributed by atoms with Crippen LogP contribution in [0.5, 0.6) is 5.75 Å². The first-order valence-electron chi connectivity index (χ1n) is 9.59. The summed E-state index contributed by atoms with van der Waals surface area (Å²) >= 11 is 5.85. The first-order chi connectivity index (χ1) is 15.5. The molecule has 0 radical (unpaired) electrons. The van der Waals surface area contributed by atoms with Crippen molar-refractivity contribution in [2.45, 2.75) is 33.1 Å². The minimum absolute atomic E-state index is 0.0856. The summed E-state index contributed by atoms with van der Waals surface area (Å²) in [6, 6.07) is 14.1. The van der Waals surface area contributed by atoms with Crippen molar-refractivity contribution in [1.82, 2.24) is 14.8 Å². The van der Waals surface area contributed by atoms with Crippen LogP contribution in [-0.2, 0) is 0 Å². The van der Waals surface area contributed by atoms with Crippen molar-refractivity contribution in [3.05, 3.63) is 92.5 Å². The van der Waals surface area contributed by atoms with Gasteiger partial charge in [0, 0.05) is 5.02 Å². The van der Waals surface area contributed by atoms with Gasteiger partial charge < -0.3 is 9.84 Å². The summed E-state index contributed by atoms with van der Waals surface area (Å²) in [5.74, 6) is 0.609. The highest BCUT2D eigenvalue weighted by atomic mass is 35.5. The van der Waals surface area contributed by atoms with Crippen LogP contribution in [0.2, 0.25) is 5.02 Å². The zero-order valence-corrected chi connectivity index (χ0v) is 18.8. The van der Waals surface area contributed by atoms with Crippen LogP contribution in [0.25, 0.3) is 0 Å². The lowest BCUT2D eigenvalue weighted by molar-refractivity contribution is -0.711. The third-order valence-electron chi connectivity index (χ3n) is 4.22. The molecule has 12 nitrogen and oxygen atoms in total. The quantitative estimate of drug-likeness (QED) is 0.395. The lowest BCUT2D eigenvalue weighted by Gasteiger charge is -2.32. The second kappa shape index (κ2) is 11.2. The number of nitrogens with zero attached hydrogens (tertiary/aromatic N) is 6. The average molecular weight is 479 g/mol. The molecule has 0 aliphatic rings. The van der Waals surface area contributed by atoms with Crippen molar-refractivity contribution in [2.24, 2.45) is 5.41 Å². The third kappa shape index (κ3) is 7.40. The zero-order chi connectivity index (χ0) is 24.6. The fourth-order valence-corrected chi connectivity index (χ4v) is 2.63. The van der Waals surface area contributed by atoms with E-state index in [-0.39, 0.29) is 16.2 Å². The number of aromatic nitrogens is 3. The van der Waals surface area contributed by atoms with Crippen LogP contribution in [0.4, 0.5) is 5.69 Å². The average Bonchev–Trinajstić information content (AvgIpc) is 3.27. The molecule has 0 spiro atoms. The van der Waals surface area contributed by atoms with Gasteiger partial charge in [-0.05, 0) is 41.8 Å². The Labute approximate surface area is 194 Å². The van der Waals surface area contributed by atoms with Gasteiger partial charge in [0.15, 0.2) is 10.8 Å². The van der Waals surface area contributed by atoms with Crippen molar-refractivity contribution in [3.8, 4) is 5.75 Å². The summed E-state index contributed by atoms with van der Waals surface area (Å²) < 4.78 is 7.36. The molecule has 33 heavy (non-hydrogen) atoms. The highest BCUT2D eigenvalue weighted by molar-refractivity contribution is 6.30. The number of benzene rings is 2. The lowest BCUT2D eigenvalue weighted by atomic mass is 9.88. The summed E-state index contributed by atoms with van der Waals surface area (Å²) in [6.45, 7) is 5.81. The van der Waals surface area contributed by atoms with E-state index >= 15 is 0 Å². The summed E-state index contributed by atoms with van der Waals surface area (Å²) in [4.78, 5) is 24.4. The maximum absolute atomic E-state index is 10.5. The number of aliphatic hydroxyl groups excluding tert-OH is 1. The van der Waals surface area contributed by atoms with Crippen LogP contribution in [-0.4, -0.2) is 36.0 Å². The largest absolute Gasteiger partial charge is 0.466 e. The van der Waals surface area contributed by atoms with E-state index in [9.17, 15) is 25.3 Å². The van der Waals surface area contributed by atoms with Gasteiger partial charge in [-0.1, -0.05) is 50.6 Å². The molecule has 1 heterocycles. The summed E-state index contributed by atoms with van der Waals surface area (Å²) in [7, 11) is 0. The minimum atomic E-state index is -1.09. The lowest BCUT2D eigenvalue weighted by Crippen LogP contribution is -2.38. The highest BCUT2D eigenvalue weighted by Gasteiger charge is 2.34. The van der Waals surface area contributed by atoms with Crippen molar-refractivity contribution in [3.63, 3.8) is 0 Å². The van der Waals surface area contributed by atoms with Gasteiger partial charge in [-0.3, -0.25) is 0 Å². The van der Waals surface area contributed by atoms with E-state index in [1.54, 1.807) is 30.3 Å². The van der Waals surface area contributed by atoms with Gasteiger partial charge in [-0.15, -0.1) is 0 Å². The van der Waals surface area contributed by atoms with E-state index in [1.807, 2.05) is 20.8 Å². The third-order valence-corrected chi connectivity index (χ3v) is 4.47. The Morgan fingerprint density at radius 3 is 2.09 bits per heavy atom. The maximum atomic E-state index is 10.5. The van der Waals surface area contributed by atoms with Gasteiger partial charge in [-0.2, -0.15) is 5.10 Å². The molecular weight excluding hydrogens is 456 g/mol. The molecule has 0 bridgehead atoms. The minimum Gasteiger partial charge on any atom is -0.466 e. The molecule has 0 fully saturated rings. The van der Waals surface area contributed by atoms with E-state index in [0.717, 1.165) is 0 Å². The number of ether oxygens (including phenoxy) is 1. The number of hydrogen-bond donors (Lipinski definition) is 1. The number of hydrazine groups is 2. The molecule has 3 rings (SSSR count). The van der Waals surface area contributed by atoms with E-state index < -0.39 is 22.4 Å². The molecule has 2 unspecified atom stereocenters. The number of hydrogen-bond acceptors (Lipinski definition) is 8. The van der Waals surface area contributed by atoms with Gasteiger partial charge in [0.2, 0.25) is 16.3 Å². The molecule has 0 saturated carbocycles. The van der Waals surface area contributed by atoms with Crippen LogP contribution in [0.15, 0.2) is 67.3 Å². The van der Waals surface area contributed by atoms with Crippen molar-refractivity contribution in [2.75, 3.05) is 5.12 Å². The summed E-state index contributed by atoms with van der Waals surface area (Å²) in [6.07, 6.45) is 1.53. The number of anilines is 1. The van der Waals surface area contributed by atoms with E-state index in [0.29, 0.717) is 10.8 Å². The number of rotatable bonds is 7. The van der Waals surface area contributed by atoms with Gasteiger partial charge in [-0.25, -0.2) is 29.9 Å². The molecule has 13 heteroatoms. The highest BCUT2D eigenvalue weighted by Crippen LogP contribution is 2.30. The van der Waals surface area contributed by atoms with E-state index in [4.69, 9.17) is 16.3 Å². The number of nitro groups is 2. The van der Waals surface area contributed by atoms with Crippen LogP contribution in [0.1, 0.15) is 27.0 Å². The molecule has 176 valence electrons. The smallest absolute Gasteiger partial charge is 0.228 e. The Kier molecular flexibility index (Phi) is 8.65. The molecule has 0 aliphatic heterocycles. The molecule has 0 saturated heterocycles. The standard InChI is InChI=1S/C14H18ClN3O2.C6H5N3O4/c1-14(2,3)12(19)13(18-9-16-8-17-18)20-11-6-4-10(15)5-7-11;10-8(11)7(9(12)13)6-4-2-1-3-5-6/h4-9,12-13,19H,1-3H3;1-5H. The number of para-hydroxylation sites is 1. The summed E-state index contributed by atoms with van der Waals surface area (Å²) in [5.41, 5.74) is -0.444. The summed E-state index contributed by atoms with van der Waals surface area (Å²) in [5, 5.41) is 33.3. The monoisotopic (exact) mass is 478 g/mol. The molecule has 0 aliphatic carbocycles. The van der Waals surface area contributed by atoms with Crippen molar-refractivity contribution in [1.29, 1.82) is 0 Å². The Balaban J connectivity index is 0.000000257. The Bertz CT molecular complexity index is 1010. The molecule has 2 aromatic carbocycles. The van der Waals surface area contributed by atoms with Crippen molar-refractivity contribution >= 4 is 17.3 Å². The van der Waals surface area contributed by atoms with Crippen LogP contribution in [0, 0.1) is 25.6 Å². The second-order valence-electron chi connectivity index (χ2n) is 7.75. The van der Waals surface area contributed by atoms with E-state index in [2.05, 4.69) is 10.1 Å². The molecule has 0 amide bonds. The topological polar surface area (TPSA) is 150 Å². The molecule has 1 N–H and O–H groups in total. The number of halogens is 1. The normalized spacial score (nSPS) is 12.6. The van der Waals surface area contributed by atoms with Gasteiger partial charge >= 0.3 is 0 Å². The van der Waals surface area contributed by atoms with Gasteiger partial charge in [0.1, 0.15) is 24.5 Å². The van der Waals surface area contributed by atoms with Gasteiger partial charge in [0.05, 0.1) is 0 Å². The molecule has 2 atom stereocenters. The first-order valence-corrected chi connectivity index (χ1v) is 9.96.